The maximum Gasteiger partial charge on any atom is 0.428 e. The second-order valence-electron chi connectivity index (χ2n) is 4.89. The van der Waals surface area contributed by atoms with Crippen molar-refractivity contribution in [3.8, 4) is 11.5 Å². The van der Waals surface area contributed by atoms with Crippen molar-refractivity contribution < 1.29 is 23.0 Å². The molecule has 1 heterocycles. The topological polar surface area (TPSA) is 32.7 Å². The molecule has 3 nitrogen and oxygen atoms in total. The number of alkyl halides is 3. The van der Waals surface area contributed by atoms with E-state index in [1.165, 1.54) is 24.3 Å². The third-order valence-electron chi connectivity index (χ3n) is 3.44. The summed E-state index contributed by atoms with van der Waals surface area (Å²) < 4.78 is 45.1. The zero-order chi connectivity index (χ0) is 14.1. The Hall–Kier alpha value is -1.43. The first kappa shape index (κ1) is 14.0. The highest BCUT2D eigenvalue weighted by molar-refractivity contribution is 5.32. The van der Waals surface area contributed by atoms with Crippen LogP contribution in [0.15, 0.2) is 24.3 Å². The third kappa shape index (κ3) is 2.94. The van der Waals surface area contributed by atoms with Gasteiger partial charge in [-0.1, -0.05) is 6.07 Å². The van der Waals surface area contributed by atoms with E-state index in [0.717, 1.165) is 0 Å². The fourth-order valence-corrected chi connectivity index (χ4v) is 2.20. The van der Waals surface area contributed by atoms with Crippen LogP contribution in [-0.4, -0.2) is 41.9 Å². The average Bonchev–Trinajstić information content (AvgIpc) is 2.31. The molecule has 0 saturated carbocycles. The van der Waals surface area contributed by atoms with Gasteiger partial charge in [-0.25, -0.2) is 0 Å². The summed E-state index contributed by atoms with van der Waals surface area (Å²) in [5.74, 6) is -0.0652. The minimum absolute atomic E-state index is 0.0434. The largest absolute Gasteiger partial charge is 0.508 e. The van der Waals surface area contributed by atoms with Gasteiger partial charge in [0.2, 0.25) is 5.60 Å². The molecular weight excluding hydrogens is 259 g/mol. The molecule has 0 bridgehead atoms. The quantitative estimate of drug-likeness (QED) is 0.901. The minimum Gasteiger partial charge on any atom is -0.508 e. The highest BCUT2D eigenvalue weighted by Crippen LogP contribution is 2.42. The van der Waals surface area contributed by atoms with Crippen LogP contribution in [0.1, 0.15) is 12.8 Å². The fourth-order valence-electron chi connectivity index (χ4n) is 2.20. The molecule has 19 heavy (non-hydrogen) atoms. The van der Waals surface area contributed by atoms with E-state index in [4.69, 9.17) is 4.74 Å². The molecule has 1 aliphatic heterocycles. The molecule has 0 aliphatic carbocycles. The predicted octanol–water partition coefficient (Wildman–Crippen LogP) is 2.80. The van der Waals surface area contributed by atoms with Crippen molar-refractivity contribution in [2.75, 3.05) is 20.1 Å². The molecule has 1 N–H and O–H groups in total. The predicted molar refractivity (Wildman–Crippen MR) is 64.3 cm³/mol. The Morgan fingerprint density at radius 3 is 2.42 bits per heavy atom. The molecule has 1 fully saturated rings. The zero-order valence-electron chi connectivity index (χ0n) is 10.6. The fraction of sp³-hybridized carbons (Fsp3) is 0.538. The number of halogens is 3. The Morgan fingerprint density at radius 1 is 1.26 bits per heavy atom. The molecule has 0 atom stereocenters. The van der Waals surface area contributed by atoms with Crippen LogP contribution in [-0.2, 0) is 0 Å². The van der Waals surface area contributed by atoms with Crippen molar-refractivity contribution in [3.05, 3.63) is 24.3 Å². The molecule has 1 aromatic carbocycles. The summed E-state index contributed by atoms with van der Waals surface area (Å²) in [6.07, 6.45) is -4.65. The number of hydrogen-bond donors (Lipinski definition) is 1. The van der Waals surface area contributed by atoms with Crippen LogP contribution in [0, 0.1) is 0 Å². The van der Waals surface area contributed by atoms with Crippen molar-refractivity contribution >= 4 is 0 Å². The van der Waals surface area contributed by atoms with Crippen LogP contribution >= 0.6 is 0 Å². The second kappa shape index (κ2) is 4.92. The first-order chi connectivity index (χ1) is 8.82. The second-order valence-corrected chi connectivity index (χ2v) is 4.89. The van der Waals surface area contributed by atoms with Crippen molar-refractivity contribution in [1.29, 1.82) is 0 Å². The molecule has 1 aliphatic rings. The summed E-state index contributed by atoms with van der Waals surface area (Å²) in [6.45, 7) is 0.663. The smallest absolute Gasteiger partial charge is 0.428 e. The number of hydrogen-bond acceptors (Lipinski definition) is 3. The monoisotopic (exact) mass is 275 g/mol. The van der Waals surface area contributed by atoms with Crippen LogP contribution < -0.4 is 4.74 Å². The number of phenols is 1. The van der Waals surface area contributed by atoms with Crippen molar-refractivity contribution in [1.82, 2.24) is 4.90 Å². The maximum absolute atomic E-state index is 13.3. The van der Waals surface area contributed by atoms with Crippen LogP contribution in [0.4, 0.5) is 13.2 Å². The van der Waals surface area contributed by atoms with Gasteiger partial charge in [-0.05, 0) is 19.2 Å². The van der Waals surface area contributed by atoms with Gasteiger partial charge >= 0.3 is 6.18 Å². The molecular formula is C13H16F3NO2. The SMILES string of the molecule is CN1CCC(Oc2cccc(O)c2)(C(F)(F)F)CC1. The normalized spacial score (nSPS) is 20.2. The highest BCUT2D eigenvalue weighted by atomic mass is 19.4. The van der Waals surface area contributed by atoms with Crippen LogP contribution in [0.5, 0.6) is 11.5 Å². The van der Waals surface area contributed by atoms with Gasteiger partial charge in [0.1, 0.15) is 11.5 Å². The lowest BCUT2D eigenvalue weighted by molar-refractivity contribution is -0.260. The molecule has 2 rings (SSSR count). The molecule has 106 valence electrons. The maximum atomic E-state index is 13.3. The number of likely N-dealkylation sites (tertiary alicyclic amines) is 1. The van der Waals surface area contributed by atoms with E-state index in [-0.39, 0.29) is 24.3 Å². The van der Waals surface area contributed by atoms with Gasteiger partial charge in [0.15, 0.2) is 0 Å². The lowest BCUT2D eigenvalue weighted by atomic mass is 9.90. The molecule has 0 amide bonds. The Morgan fingerprint density at radius 2 is 1.89 bits per heavy atom. The summed E-state index contributed by atoms with van der Waals surface area (Å²) in [4.78, 5) is 1.84. The van der Waals surface area contributed by atoms with E-state index in [0.29, 0.717) is 13.1 Å². The Kier molecular flexibility index (Phi) is 3.62. The van der Waals surface area contributed by atoms with Crippen molar-refractivity contribution in [3.63, 3.8) is 0 Å². The van der Waals surface area contributed by atoms with Gasteiger partial charge in [0.25, 0.3) is 0 Å². The minimum atomic E-state index is -4.43. The first-order valence-corrected chi connectivity index (χ1v) is 6.06. The summed E-state index contributed by atoms with van der Waals surface area (Å²) in [6, 6.07) is 5.48. The van der Waals surface area contributed by atoms with Gasteiger partial charge in [-0.15, -0.1) is 0 Å². The summed E-state index contributed by atoms with van der Waals surface area (Å²) >= 11 is 0. The number of ether oxygens (including phenoxy) is 1. The van der Waals surface area contributed by atoms with E-state index in [2.05, 4.69) is 0 Å². The summed E-state index contributed by atoms with van der Waals surface area (Å²) in [7, 11) is 1.79. The molecule has 0 spiro atoms. The van der Waals surface area contributed by atoms with Gasteiger partial charge < -0.3 is 14.7 Å². The number of rotatable bonds is 2. The van der Waals surface area contributed by atoms with Crippen LogP contribution in [0.2, 0.25) is 0 Å². The molecule has 1 saturated heterocycles. The summed E-state index contributed by atoms with van der Waals surface area (Å²) in [5, 5.41) is 9.30. The standard InChI is InChI=1S/C13H16F3NO2/c1-17-7-5-12(6-8-17,13(14,15)16)19-11-4-2-3-10(18)9-11/h2-4,9,18H,5-8H2,1H3. The van der Waals surface area contributed by atoms with E-state index >= 15 is 0 Å². The number of piperidine rings is 1. The van der Waals surface area contributed by atoms with Gasteiger partial charge in [-0.3, -0.25) is 0 Å². The molecule has 1 aromatic rings. The van der Waals surface area contributed by atoms with E-state index in [1.807, 2.05) is 4.90 Å². The van der Waals surface area contributed by atoms with Gasteiger partial charge in [0.05, 0.1) is 0 Å². The Labute approximate surface area is 109 Å². The van der Waals surface area contributed by atoms with E-state index in [1.54, 1.807) is 7.05 Å². The van der Waals surface area contributed by atoms with Gasteiger partial charge in [0, 0.05) is 32.0 Å². The zero-order valence-corrected chi connectivity index (χ0v) is 10.6. The highest BCUT2D eigenvalue weighted by Gasteiger charge is 2.58. The van der Waals surface area contributed by atoms with Gasteiger partial charge in [-0.2, -0.15) is 13.2 Å². The first-order valence-electron chi connectivity index (χ1n) is 6.06. The van der Waals surface area contributed by atoms with Crippen molar-refractivity contribution in [2.24, 2.45) is 0 Å². The number of nitrogens with zero attached hydrogens (tertiary/aromatic N) is 1. The lowest BCUT2D eigenvalue weighted by Gasteiger charge is -2.41. The van der Waals surface area contributed by atoms with Crippen LogP contribution in [0.3, 0.4) is 0 Å². The van der Waals surface area contributed by atoms with Crippen LogP contribution in [0.25, 0.3) is 0 Å². The number of phenolic OH excluding ortho intramolecular Hbond substituents is 1. The Balaban J connectivity index is 2.24. The number of aromatic hydroxyl groups is 1. The molecule has 0 aromatic heterocycles. The molecule has 0 unspecified atom stereocenters. The third-order valence-corrected chi connectivity index (χ3v) is 3.44. The molecule has 0 radical (unpaired) electrons. The van der Waals surface area contributed by atoms with Crippen molar-refractivity contribution in [2.45, 2.75) is 24.6 Å². The lowest BCUT2D eigenvalue weighted by Crippen LogP contribution is -2.56. The number of benzene rings is 1. The molecule has 6 heteroatoms. The average molecular weight is 275 g/mol. The van der Waals surface area contributed by atoms with E-state index < -0.39 is 11.8 Å². The Bertz CT molecular complexity index is 440. The van der Waals surface area contributed by atoms with E-state index in [9.17, 15) is 18.3 Å². The summed E-state index contributed by atoms with van der Waals surface area (Å²) in [5.41, 5.74) is -2.16.